The number of aromatic nitrogens is 2. The molecule has 1 amide bonds. The molecule has 0 radical (unpaired) electrons. The number of halogens is 1. The number of benzene rings is 1. The number of rotatable bonds is 3. The first-order valence-corrected chi connectivity index (χ1v) is 12.4. The summed E-state index contributed by atoms with van der Waals surface area (Å²) in [4.78, 5) is 37.3. The van der Waals surface area contributed by atoms with Crippen molar-refractivity contribution in [3.8, 4) is 0 Å². The molecular formula is C24H22ClN5O2S2. The standard InChI is InChI=1S/C24H22ClN5O2S2/c1-15-6-7-20-26-21(29-10-8-28(9-11-29)17-5-3-4-16(25)12-17)18(22(31)30(20)14-15)13-19-23(32)27(2)24(33)34-19/h3-7,12-14H,8-11H2,1-2H3/b19-13+. The van der Waals surface area contributed by atoms with E-state index in [1.807, 2.05) is 43.3 Å². The topological polar surface area (TPSA) is 61.2 Å². The number of likely N-dealkylation sites (N-methyl/N-ethyl adjacent to an activating group) is 1. The van der Waals surface area contributed by atoms with Crippen molar-refractivity contribution in [2.75, 3.05) is 43.0 Å². The second-order valence-electron chi connectivity index (χ2n) is 8.28. The third-order valence-electron chi connectivity index (χ3n) is 6.00. The molecule has 0 bridgehead atoms. The van der Waals surface area contributed by atoms with Crippen molar-refractivity contribution in [1.29, 1.82) is 0 Å². The molecule has 10 heteroatoms. The molecule has 0 N–H and O–H groups in total. The molecule has 2 aliphatic rings. The van der Waals surface area contributed by atoms with E-state index in [-0.39, 0.29) is 11.5 Å². The minimum absolute atomic E-state index is 0.206. The molecule has 0 atom stereocenters. The zero-order valence-corrected chi connectivity index (χ0v) is 21.1. The molecule has 4 heterocycles. The number of pyridine rings is 1. The van der Waals surface area contributed by atoms with Crippen LogP contribution in [0.15, 0.2) is 52.3 Å². The fourth-order valence-corrected chi connectivity index (χ4v) is 5.49. The van der Waals surface area contributed by atoms with Crippen LogP contribution in [-0.4, -0.2) is 57.7 Å². The van der Waals surface area contributed by atoms with Crippen LogP contribution in [0.5, 0.6) is 0 Å². The summed E-state index contributed by atoms with van der Waals surface area (Å²) in [6.45, 7) is 4.79. The lowest BCUT2D eigenvalue weighted by molar-refractivity contribution is -0.121. The maximum atomic E-state index is 13.6. The van der Waals surface area contributed by atoms with E-state index in [0.717, 1.165) is 24.3 Å². The Morgan fingerprint density at radius 1 is 1.09 bits per heavy atom. The summed E-state index contributed by atoms with van der Waals surface area (Å²) in [6.07, 6.45) is 3.42. The minimum atomic E-state index is -0.208. The average molecular weight is 512 g/mol. The van der Waals surface area contributed by atoms with Crippen LogP contribution in [0.1, 0.15) is 11.1 Å². The maximum Gasteiger partial charge on any atom is 0.267 e. The predicted molar refractivity (Wildman–Crippen MR) is 143 cm³/mol. The third-order valence-corrected chi connectivity index (χ3v) is 7.72. The molecule has 0 unspecified atom stereocenters. The van der Waals surface area contributed by atoms with Gasteiger partial charge in [0.25, 0.3) is 11.5 Å². The molecule has 3 aromatic rings. The lowest BCUT2D eigenvalue weighted by Gasteiger charge is -2.37. The summed E-state index contributed by atoms with van der Waals surface area (Å²) in [7, 11) is 1.64. The van der Waals surface area contributed by atoms with Gasteiger partial charge in [0.1, 0.15) is 15.8 Å². The van der Waals surface area contributed by atoms with Crippen LogP contribution in [0.3, 0.4) is 0 Å². The SMILES string of the molecule is Cc1ccc2nc(N3CCN(c4cccc(Cl)c4)CC3)c(/C=C3/SC(=S)N(C)C3=O)c(=O)n2c1. The largest absolute Gasteiger partial charge is 0.368 e. The smallest absolute Gasteiger partial charge is 0.267 e. The Bertz CT molecular complexity index is 1410. The Balaban J connectivity index is 1.55. The second kappa shape index (κ2) is 9.05. The number of aryl methyl sites for hydroxylation is 1. The zero-order chi connectivity index (χ0) is 24.0. The Labute approximate surface area is 211 Å². The van der Waals surface area contributed by atoms with Gasteiger partial charge < -0.3 is 9.80 Å². The molecule has 2 aromatic heterocycles. The second-order valence-corrected chi connectivity index (χ2v) is 10.4. The molecule has 0 aliphatic carbocycles. The number of carbonyl (C=O) groups excluding carboxylic acids is 1. The molecule has 0 saturated carbocycles. The van der Waals surface area contributed by atoms with Crippen molar-refractivity contribution in [3.63, 3.8) is 0 Å². The van der Waals surface area contributed by atoms with Gasteiger partial charge in [-0.1, -0.05) is 47.7 Å². The molecular weight excluding hydrogens is 490 g/mol. The van der Waals surface area contributed by atoms with Gasteiger partial charge in [-0.2, -0.15) is 0 Å². The number of hydrogen-bond acceptors (Lipinski definition) is 7. The summed E-state index contributed by atoms with van der Waals surface area (Å²) in [5.41, 5.74) is 2.78. The van der Waals surface area contributed by atoms with Gasteiger partial charge in [0.15, 0.2) is 0 Å². The van der Waals surface area contributed by atoms with E-state index in [4.69, 9.17) is 28.8 Å². The lowest BCUT2D eigenvalue weighted by atomic mass is 10.2. The van der Waals surface area contributed by atoms with Crippen LogP contribution in [0.2, 0.25) is 5.02 Å². The van der Waals surface area contributed by atoms with Gasteiger partial charge in [-0.15, -0.1) is 0 Å². The van der Waals surface area contributed by atoms with E-state index >= 15 is 0 Å². The molecule has 34 heavy (non-hydrogen) atoms. The molecule has 2 aliphatic heterocycles. The summed E-state index contributed by atoms with van der Waals surface area (Å²) in [5.74, 6) is 0.376. The van der Waals surface area contributed by atoms with Crippen molar-refractivity contribution < 1.29 is 4.79 Å². The highest BCUT2D eigenvalue weighted by atomic mass is 35.5. The highest BCUT2D eigenvalue weighted by Crippen LogP contribution is 2.33. The normalized spacial score (nSPS) is 18.0. The molecule has 1 aromatic carbocycles. The van der Waals surface area contributed by atoms with Crippen LogP contribution in [0.25, 0.3) is 11.7 Å². The number of hydrogen-bond donors (Lipinski definition) is 0. The van der Waals surface area contributed by atoms with Crippen LogP contribution in [-0.2, 0) is 4.79 Å². The Hall–Kier alpha value is -2.88. The van der Waals surface area contributed by atoms with Gasteiger partial charge in [0, 0.05) is 50.1 Å². The number of piperazine rings is 1. The lowest BCUT2D eigenvalue weighted by Crippen LogP contribution is -2.47. The van der Waals surface area contributed by atoms with E-state index in [2.05, 4.69) is 9.80 Å². The van der Waals surface area contributed by atoms with Gasteiger partial charge >= 0.3 is 0 Å². The van der Waals surface area contributed by atoms with Gasteiger partial charge in [-0.05, 0) is 42.8 Å². The fourth-order valence-electron chi connectivity index (χ4n) is 4.14. The highest BCUT2D eigenvalue weighted by molar-refractivity contribution is 8.26. The number of thioether (sulfide) groups is 1. The molecule has 5 rings (SSSR count). The summed E-state index contributed by atoms with van der Waals surface area (Å²) in [5, 5.41) is 0.704. The van der Waals surface area contributed by atoms with E-state index in [1.165, 1.54) is 16.7 Å². The van der Waals surface area contributed by atoms with E-state index in [0.29, 0.717) is 44.4 Å². The number of nitrogens with zero attached hydrogens (tertiary/aromatic N) is 5. The maximum absolute atomic E-state index is 13.6. The van der Waals surface area contributed by atoms with E-state index in [9.17, 15) is 9.59 Å². The first-order valence-electron chi connectivity index (χ1n) is 10.8. The first-order chi connectivity index (χ1) is 16.3. The zero-order valence-electron chi connectivity index (χ0n) is 18.7. The van der Waals surface area contributed by atoms with Gasteiger partial charge in [-0.25, -0.2) is 4.98 Å². The van der Waals surface area contributed by atoms with Crippen molar-refractivity contribution in [2.45, 2.75) is 6.92 Å². The summed E-state index contributed by atoms with van der Waals surface area (Å²) < 4.78 is 2.01. The van der Waals surface area contributed by atoms with Crippen molar-refractivity contribution in [2.24, 2.45) is 0 Å². The van der Waals surface area contributed by atoms with Crippen molar-refractivity contribution >= 4 is 69.0 Å². The number of thiocarbonyl (C=S) groups is 1. The Kier molecular flexibility index (Phi) is 6.09. The highest BCUT2D eigenvalue weighted by Gasteiger charge is 2.30. The van der Waals surface area contributed by atoms with Gasteiger partial charge in [-0.3, -0.25) is 18.9 Å². The molecule has 0 spiro atoms. The van der Waals surface area contributed by atoms with Crippen molar-refractivity contribution in [1.82, 2.24) is 14.3 Å². The summed E-state index contributed by atoms with van der Waals surface area (Å²) in [6, 6.07) is 11.6. The first kappa shape index (κ1) is 22.9. The third kappa shape index (κ3) is 4.19. The van der Waals surface area contributed by atoms with Crippen LogP contribution in [0, 0.1) is 6.92 Å². The fraction of sp³-hybridized carbons (Fsp3) is 0.250. The molecule has 174 valence electrons. The van der Waals surface area contributed by atoms with Gasteiger partial charge in [0.05, 0.1) is 10.5 Å². The minimum Gasteiger partial charge on any atom is -0.368 e. The number of carbonyl (C=O) groups is 1. The van der Waals surface area contributed by atoms with E-state index < -0.39 is 0 Å². The van der Waals surface area contributed by atoms with Crippen LogP contribution in [0.4, 0.5) is 11.5 Å². The quantitative estimate of drug-likeness (QED) is 0.391. The average Bonchev–Trinajstić information content (AvgIpc) is 3.07. The van der Waals surface area contributed by atoms with Gasteiger partial charge in [0.2, 0.25) is 0 Å². The predicted octanol–water partition coefficient (Wildman–Crippen LogP) is 3.81. The number of amides is 1. The number of anilines is 2. The monoisotopic (exact) mass is 511 g/mol. The Morgan fingerprint density at radius 3 is 2.50 bits per heavy atom. The van der Waals surface area contributed by atoms with Crippen molar-refractivity contribution in [3.05, 3.63) is 74.0 Å². The Morgan fingerprint density at radius 2 is 1.82 bits per heavy atom. The van der Waals surface area contributed by atoms with E-state index in [1.54, 1.807) is 23.7 Å². The summed E-state index contributed by atoms with van der Waals surface area (Å²) >= 11 is 12.6. The molecule has 2 saturated heterocycles. The molecule has 2 fully saturated rings. The number of fused-ring (bicyclic) bond motifs is 1. The van der Waals surface area contributed by atoms with Crippen LogP contribution < -0.4 is 15.4 Å². The van der Waals surface area contributed by atoms with Crippen LogP contribution >= 0.6 is 35.6 Å². The molecule has 7 nitrogen and oxygen atoms in total.